The van der Waals surface area contributed by atoms with Crippen molar-refractivity contribution in [3.05, 3.63) is 33.9 Å². The van der Waals surface area contributed by atoms with Gasteiger partial charge in [0.25, 0.3) is 5.91 Å². The van der Waals surface area contributed by atoms with E-state index in [1.807, 2.05) is 32.2 Å². The van der Waals surface area contributed by atoms with Crippen LogP contribution in [0.15, 0.2) is 18.3 Å². The van der Waals surface area contributed by atoms with Crippen LogP contribution in [0.5, 0.6) is 0 Å². The van der Waals surface area contributed by atoms with Gasteiger partial charge in [-0.05, 0) is 32.5 Å². The predicted octanol–water partition coefficient (Wildman–Crippen LogP) is 2.41. The summed E-state index contributed by atoms with van der Waals surface area (Å²) in [5.74, 6) is 0.438. The average Bonchev–Trinajstić information content (AvgIpc) is 2.97. The number of amides is 1. The van der Waals surface area contributed by atoms with Gasteiger partial charge in [-0.25, -0.2) is 9.97 Å². The van der Waals surface area contributed by atoms with Gasteiger partial charge in [0.2, 0.25) is 0 Å². The first kappa shape index (κ1) is 16.9. The van der Waals surface area contributed by atoms with Crippen LogP contribution in [0.25, 0.3) is 0 Å². The van der Waals surface area contributed by atoms with Gasteiger partial charge in [-0.15, -0.1) is 11.3 Å². The molecular weight excluding hydrogens is 322 g/mol. The topological polar surface area (TPSA) is 61.4 Å². The molecule has 3 heterocycles. The Balaban J connectivity index is 1.65. The van der Waals surface area contributed by atoms with Crippen molar-refractivity contribution in [3.63, 3.8) is 0 Å². The van der Waals surface area contributed by atoms with E-state index in [2.05, 4.69) is 32.1 Å². The first-order valence-corrected chi connectivity index (χ1v) is 9.05. The molecule has 2 aromatic heterocycles. The summed E-state index contributed by atoms with van der Waals surface area (Å²) in [5.41, 5.74) is 1.88. The smallest absolute Gasteiger partial charge is 0.268 e. The molecule has 0 aliphatic carbocycles. The number of hydrogen-bond donors (Lipinski definition) is 1. The van der Waals surface area contributed by atoms with E-state index in [4.69, 9.17) is 0 Å². The largest absolute Gasteiger partial charge is 0.368 e. The fraction of sp³-hybridized carbons (Fsp3) is 0.471. The zero-order valence-corrected chi connectivity index (χ0v) is 15.2. The maximum absolute atomic E-state index is 12.4. The second-order valence-corrected chi connectivity index (χ2v) is 7.11. The monoisotopic (exact) mass is 345 g/mol. The van der Waals surface area contributed by atoms with Crippen molar-refractivity contribution in [2.75, 3.05) is 43.4 Å². The lowest BCUT2D eigenvalue weighted by Gasteiger charge is -2.33. The number of aryl methyl sites for hydroxylation is 2. The maximum atomic E-state index is 12.4. The molecule has 1 aliphatic heterocycles. The van der Waals surface area contributed by atoms with Crippen molar-refractivity contribution >= 4 is 28.7 Å². The van der Waals surface area contributed by atoms with Crippen molar-refractivity contribution in [2.45, 2.75) is 20.3 Å². The van der Waals surface area contributed by atoms with Crippen LogP contribution in [0.3, 0.4) is 0 Å². The van der Waals surface area contributed by atoms with Crippen LogP contribution in [0.4, 0.5) is 11.5 Å². The number of carbonyl (C=O) groups excluding carboxylic acids is 1. The van der Waals surface area contributed by atoms with Crippen molar-refractivity contribution in [1.82, 2.24) is 14.9 Å². The standard InChI is InChI=1S/C17H23N5OS/c1-4-15-19-12(2)16(24-15)17(23)20-14-6-5-13(11-18-14)22-9-7-21(3)8-10-22/h5-6,11H,4,7-10H2,1-3H3,(H,18,20,23). The molecule has 1 amide bonds. The fourth-order valence-corrected chi connectivity index (χ4v) is 3.60. The Hall–Kier alpha value is -1.99. The van der Waals surface area contributed by atoms with Crippen LogP contribution >= 0.6 is 11.3 Å². The molecule has 1 aliphatic rings. The SMILES string of the molecule is CCc1nc(C)c(C(=O)Nc2ccc(N3CCN(C)CC3)cn2)s1. The molecule has 0 spiro atoms. The molecule has 7 heteroatoms. The molecule has 0 aromatic carbocycles. The number of thiazole rings is 1. The molecule has 0 saturated carbocycles. The Labute approximate surface area is 146 Å². The molecule has 1 saturated heterocycles. The van der Waals surface area contributed by atoms with E-state index in [1.165, 1.54) is 11.3 Å². The second kappa shape index (κ2) is 7.27. The minimum absolute atomic E-state index is 0.135. The van der Waals surface area contributed by atoms with Gasteiger partial charge >= 0.3 is 0 Å². The highest BCUT2D eigenvalue weighted by Gasteiger charge is 2.17. The molecular formula is C17H23N5OS. The third kappa shape index (κ3) is 3.73. The second-order valence-electron chi connectivity index (χ2n) is 6.02. The van der Waals surface area contributed by atoms with Crippen molar-refractivity contribution in [1.29, 1.82) is 0 Å². The van der Waals surface area contributed by atoms with E-state index in [-0.39, 0.29) is 5.91 Å². The van der Waals surface area contributed by atoms with Crippen LogP contribution in [0.2, 0.25) is 0 Å². The zero-order chi connectivity index (χ0) is 17.1. The van der Waals surface area contributed by atoms with Crippen LogP contribution in [0.1, 0.15) is 27.3 Å². The summed E-state index contributed by atoms with van der Waals surface area (Å²) in [6.45, 7) is 8.03. The first-order valence-electron chi connectivity index (χ1n) is 8.24. The number of aromatic nitrogens is 2. The lowest BCUT2D eigenvalue weighted by Crippen LogP contribution is -2.44. The van der Waals surface area contributed by atoms with Gasteiger partial charge in [-0.3, -0.25) is 4.79 Å². The Bertz CT molecular complexity index is 704. The van der Waals surface area contributed by atoms with Crippen LogP contribution < -0.4 is 10.2 Å². The zero-order valence-electron chi connectivity index (χ0n) is 14.4. The van der Waals surface area contributed by atoms with Crippen LogP contribution in [-0.4, -0.2) is 54.0 Å². The van der Waals surface area contributed by atoms with E-state index in [0.717, 1.165) is 49.0 Å². The number of anilines is 2. The molecule has 0 bridgehead atoms. The lowest BCUT2D eigenvalue weighted by atomic mass is 10.3. The van der Waals surface area contributed by atoms with Crippen molar-refractivity contribution in [2.24, 2.45) is 0 Å². The number of rotatable bonds is 4. The van der Waals surface area contributed by atoms with Gasteiger partial charge in [0.1, 0.15) is 10.7 Å². The van der Waals surface area contributed by atoms with Gasteiger partial charge in [0, 0.05) is 26.2 Å². The molecule has 6 nitrogen and oxygen atoms in total. The highest BCUT2D eigenvalue weighted by Crippen LogP contribution is 2.21. The summed E-state index contributed by atoms with van der Waals surface area (Å²) < 4.78 is 0. The van der Waals surface area contributed by atoms with Gasteiger partial charge in [0.15, 0.2) is 0 Å². The number of pyridine rings is 1. The molecule has 1 N–H and O–H groups in total. The van der Waals surface area contributed by atoms with Crippen molar-refractivity contribution in [3.8, 4) is 0 Å². The number of piperazine rings is 1. The first-order chi connectivity index (χ1) is 11.6. The summed E-state index contributed by atoms with van der Waals surface area (Å²) in [5, 5.41) is 3.85. The van der Waals surface area contributed by atoms with Crippen LogP contribution in [-0.2, 0) is 6.42 Å². The number of nitrogens with one attached hydrogen (secondary N) is 1. The van der Waals surface area contributed by atoms with Gasteiger partial charge in [-0.1, -0.05) is 6.92 Å². The Kier molecular flexibility index (Phi) is 5.11. The Morgan fingerprint density at radius 3 is 2.62 bits per heavy atom. The molecule has 3 rings (SSSR count). The normalized spacial score (nSPS) is 15.5. The average molecular weight is 345 g/mol. The van der Waals surface area contributed by atoms with E-state index >= 15 is 0 Å². The number of likely N-dealkylation sites (N-methyl/N-ethyl adjacent to an activating group) is 1. The fourth-order valence-electron chi connectivity index (χ4n) is 2.70. The minimum atomic E-state index is -0.135. The third-order valence-electron chi connectivity index (χ3n) is 4.21. The third-order valence-corrected chi connectivity index (χ3v) is 5.51. The molecule has 0 radical (unpaired) electrons. The summed E-state index contributed by atoms with van der Waals surface area (Å²) in [7, 11) is 2.14. The van der Waals surface area contributed by atoms with Gasteiger partial charge < -0.3 is 15.1 Å². The molecule has 1 fully saturated rings. The Morgan fingerprint density at radius 1 is 1.29 bits per heavy atom. The van der Waals surface area contributed by atoms with Gasteiger partial charge in [0.05, 0.1) is 22.6 Å². The highest BCUT2D eigenvalue weighted by molar-refractivity contribution is 7.13. The molecule has 2 aromatic rings. The quantitative estimate of drug-likeness (QED) is 0.922. The molecule has 128 valence electrons. The summed E-state index contributed by atoms with van der Waals surface area (Å²) in [4.78, 5) is 26.5. The minimum Gasteiger partial charge on any atom is -0.368 e. The summed E-state index contributed by atoms with van der Waals surface area (Å²) in [6.07, 6.45) is 2.68. The summed E-state index contributed by atoms with van der Waals surface area (Å²) in [6, 6.07) is 3.88. The molecule has 0 atom stereocenters. The summed E-state index contributed by atoms with van der Waals surface area (Å²) >= 11 is 1.45. The van der Waals surface area contributed by atoms with E-state index in [9.17, 15) is 4.79 Å². The van der Waals surface area contributed by atoms with E-state index < -0.39 is 0 Å². The number of nitrogens with zero attached hydrogens (tertiary/aromatic N) is 4. The number of carbonyl (C=O) groups is 1. The highest BCUT2D eigenvalue weighted by atomic mass is 32.1. The molecule has 0 unspecified atom stereocenters. The van der Waals surface area contributed by atoms with Gasteiger partial charge in [-0.2, -0.15) is 0 Å². The lowest BCUT2D eigenvalue weighted by molar-refractivity contribution is 0.102. The van der Waals surface area contributed by atoms with E-state index in [1.54, 1.807) is 0 Å². The van der Waals surface area contributed by atoms with Crippen LogP contribution in [0, 0.1) is 6.92 Å². The maximum Gasteiger partial charge on any atom is 0.268 e. The predicted molar refractivity (Wildman–Crippen MR) is 98.1 cm³/mol. The van der Waals surface area contributed by atoms with E-state index in [0.29, 0.717) is 10.7 Å². The number of hydrogen-bond acceptors (Lipinski definition) is 6. The van der Waals surface area contributed by atoms with Crippen molar-refractivity contribution < 1.29 is 4.79 Å². The Morgan fingerprint density at radius 2 is 2.04 bits per heavy atom. The molecule has 24 heavy (non-hydrogen) atoms.